The van der Waals surface area contributed by atoms with Gasteiger partial charge in [0.1, 0.15) is 18.1 Å². The molecule has 0 aliphatic carbocycles. The molecular weight excluding hydrogens is 564 g/mol. The Morgan fingerprint density at radius 1 is 0.952 bits per heavy atom. The van der Waals surface area contributed by atoms with Crippen LogP contribution >= 0.6 is 0 Å². The summed E-state index contributed by atoms with van der Waals surface area (Å²) in [4.78, 5) is 14.2. The number of aromatic nitrogens is 1. The summed E-state index contributed by atoms with van der Waals surface area (Å²) in [5.41, 5.74) is 9.39. The Morgan fingerprint density at radius 3 is 2.14 bits per heavy atom. The monoisotopic (exact) mass is 600 g/mol. The predicted octanol–water partition coefficient (Wildman–Crippen LogP) is 3.31. The molecule has 0 radical (unpaired) electrons. The van der Waals surface area contributed by atoms with Crippen molar-refractivity contribution in [1.82, 2.24) is 10.3 Å². The lowest BCUT2D eigenvalue weighted by atomic mass is 10.0. The second-order valence-electron chi connectivity index (χ2n) is 10.3. The third-order valence-corrected chi connectivity index (χ3v) is 5.90. The number of rotatable bonds is 11. The third-order valence-electron chi connectivity index (χ3n) is 5.90. The van der Waals surface area contributed by atoms with Crippen LogP contribution in [0.1, 0.15) is 31.1 Å². The third kappa shape index (κ3) is 11.1. The minimum Gasteiger partial charge on any atom is -0.506 e. The van der Waals surface area contributed by atoms with Crippen molar-refractivity contribution in [3.05, 3.63) is 94.3 Å². The van der Waals surface area contributed by atoms with E-state index in [4.69, 9.17) is 28.0 Å². The fraction of sp³-hybridized carbons (Fsp3) is 0.276. The molecule has 0 aliphatic heterocycles. The lowest BCUT2D eigenvalue weighted by molar-refractivity contribution is 0.176. The van der Waals surface area contributed by atoms with Crippen molar-refractivity contribution in [2.75, 3.05) is 25.0 Å². The molecule has 0 saturated carbocycles. The first kappa shape index (κ1) is 32.5. The first-order chi connectivity index (χ1) is 19.7. The minimum absolute atomic E-state index is 0.0211. The van der Waals surface area contributed by atoms with Gasteiger partial charge in [-0.2, -0.15) is 8.42 Å². The van der Waals surface area contributed by atoms with Crippen molar-refractivity contribution in [2.45, 2.75) is 31.9 Å². The Bertz CT molecular complexity index is 1610. The number of ether oxygens (including phenoxy) is 1. The number of pyridine rings is 1. The van der Waals surface area contributed by atoms with E-state index in [0.717, 1.165) is 23.5 Å². The van der Waals surface area contributed by atoms with Gasteiger partial charge in [0.15, 0.2) is 0 Å². The highest BCUT2D eigenvalue weighted by atomic mass is 32.3. The fourth-order valence-electron chi connectivity index (χ4n) is 3.96. The zero-order chi connectivity index (χ0) is 30.9. The van der Waals surface area contributed by atoms with Gasteiger partial charge in [-0.15, -0.1) is 0 Å². The number of aromatic hydroxyl groups is 1. The molecular formula is C29H36N4O8S. The number of aliphatic hydroxyl groups excluding tert-OH is 1. The van der Waals surface area contributed by atoms with Gasteiger partial charge in [0.2, 0.25) is 5.56 Å². The minimum atomic E-state index is -4.67. The molecule has 0 amide bonds. The average Bonchev–Trinajstić information content (AvgIpc) is 2.90. The van der Waals surface area contributed by atoms with E-state index in [1.807, 2.05) is 50.2 Å². The van der Waals surface area contributed by atoms with Gasteiger partial charge in [0, 0.05) is 34.9 Å². The number of anilines is 2. The highest BCUT2D eigenvalue weighted by molar-refractivity contribution is 7.79. The maximum atomic E-state index is 11.6. The van der Waals surface area contributed by atoms with Crippen molar-refractivity contribution in [3.63, 3.8) is 0 Å². The topological polar surface area (TPSA) is 207 Å². The van der Waals surface area contributed by atoms with E-state index in [2.05, 4.69) is 27.8 Å². The van der Waals surface area contributed by atoms with E-state index in [9.17, 15) is 15.0 Å². The van der Waals surface area contributed by atoms with E-state index < -0.39 is 16.5 Å². The maximum Gasteiger partial charge on any atom is 0.394 e. The summed E-state index contributed by atoms with van der Waals surface area (Å²) in [7, 11) is -4.67. The van der Waals surface area contributed by atoms with Gasteiger partial charge < -0.3 is 36.3 Å². The smallest absolute Gasteiger partial charge is 0.394 e. The van der Waals surface area contributed by atoms with Gasteiger partial charge in [-0.05, 0) is 86.5 Å². The molecule has 1 heterocycles. The highest BCUT2D eigenvalue weighted by Gasteiger charge is 2.14. The highest BCUT2D eigenvalue weighted by Crippen LogP contribution is 2.28. The summed E-state index contributed by atoms with van der Waals surface area (Å²) < 4.78 is 37.3. The van der Waals surface area contributed by atoms with Crippen LogP contribution in [0.3, 0.4) is 0 Å². The number of nitrogens with one attached hydrogen (secondary N) is 3. The molecule has 1 aromatic heterocycles. The second kappa shape index (κ2) is 14.3. The quantitative estimate of drug-likeness (QED) is 0.0925. The zero-order valence-corrected chi connectivity index (χ0v) is 24.1. The molecule has 4 rings (SSSR count). The predicted molar refractivity (Wildman–Crippen MR) is 162 cm³/mol. The number of aromatic amines is 1. The van der Waals surface area contributed by atoms with E-state index >= 15 is 0 Å². The molecule has 42 heavy (non-hydrogen) atoms. The maximum absolute atomic E-state index is 11.6. The number of phenols is 1. The number of benzene rings is 3. The Morgan fingerprint density at radius 2 is 1.55 bits per heavy atom. The first-order valence-corrected chi connectivity index (χ1v) is 14.4. The number of aliphatic hydroxyl groups is 1. The SMILES string of the molecule is CC(C)(N)COc1ccc(Nc2ccc(CCNC[C@H](O)c3ccc(O)c4[nH]c(=O)ccc34)cc2)cc1.O=S(=O)(O)O. The molecule has 12 nitrogen and oxygen atoms in total. The van der Waals surface area contributed by atoms with Gasteiger partial charge in [-0.1, -0.05) is 18.2 Å². The molecule has 3 aromatic carbocycles. The van der Waals surface area contributed by atoms with Gasteiger partial charge in [0.25, 0.3) is 0 Å². The van der Waals surface area contributed by atoms with Crippen LogP contribution in [0, 0.1) is 0 Å². The van der Waals surface area contributed by atoms with E-state index in [1.165, 1.54) is 17.7 Å². The van der Waals surface area contributed by atoms with Crippen LogP contribution in [0.2, 0.25) is 0 Å². The van der Waals surface area contributed by atoms with Crippen molar-refractivity contribution in [3.8, 4) is 11.5 Å². The first-order valence-electron chi connectivity index (χ1n) is 13.0. The Balaban J connectivity index is 0.000000892. The zero-order valence-electron chi connectivity index (χ0n) is 23.2. The molecule has 0 aliphatic rings. The van der Waals surface area contributed by atoms with Crippen molar-refractivity contribution < 1.29 is 32.5 Å². The number of hydrogen-bond acceptors (Lipinski definition) is 9. The molecule has 0 fully saturated rings. The largest absolute Gasteiger partial charge is 0.506 e. The number of hydrogen-bond donors (Lipinski definition) is 8. The second-order valence-corrected chi connectivity index (χ2v) is 11.2. The lowest BCUT2D eigenvalue weighted by Crippen LogP contribution is -2.38. The number of H-pyrrole nitrogens is 1. The van der Waals surface area contributed by atoms with Crippen LogP contribution < -0.4 is 26.7 Å². The normalized spacial score (nSPS) is 12.3. The summed E-state index contributed by atoms with van der Waals surface area (Å²) >= 11 is 0. The summed E-state index contributed by atoms with van der Waals surface area (Å²) in [6.07, 6.45) is 0.0272. The Hall–Kier alpha value is -3.98. The molecule has 226 valence electrons. The molecule has 9 N–H and O–H groups in total. The summed E-state index contributed by atoms with van der Waals surface area (Å²) in [5, 5.41) is 28.0. The molecule has 1 atom stereocenters. The Kier molecular flexibility index (Phi) is 11.1. The summed E-state index contributed by atoms with van der Waals surface area (Å²) in [6, 6.07) is 22.2. The average molecular weight is 601 g/mol. The van der Waals surface area contributed by atoms with Crippen LogP contribution in [0.5, 0.6) is 11.5 Å². The number of nitrogens with two attached hydrogens (primary N) is 1. The van der Waals surface area contributed by atoms with Gasteiger partial charge in [0.05, 0.1) is 11.6 Å². The molecule has 13 heteroatoms. The number of phenolic OH excluding ortho intramolecular Hbond substituents is 1. The van der Waals surface area contributed by atoms with Crippen molar-refractivity contribution in [1.29, 1.82) is 0 Å². The summed E-state index contributed by atoms with van der Waals surface area (Å²) in [6.45, 7) is 5.34. The van der Waals surface area contributed by atoms with Crippen LogP contribution in [-0.2, 0) is 16.8 Å². The van der Waals surface area contributed by atoms with Gasteiger partial charge >= 0.3 is 10.4 Å². The van der Waals surface area contributed by atoms with E-state index in [0.29, 0.717) is 36.2 Å². The lowest BCUT2D eigenvalue weighted by Gasteiger charge is -2.19. The van der Waals surface area contributed by atoms with Crippen molar-refractivity contribution in [2.24, 2.45) is 5.73 Å². The molecule has 4 aromatic rings. The van der Waals surface area contributed by atoms with Crippen LogP contribution in [0.15, 0.2) is 77.6 Å². The molecule has 0 unspecified atom stereocenters. The molecule has 0 spiro atoms. The van der Waals surface area contributed by atoms with Crippen molar-refractivity contribution >= 4 is 32.7 Å². The molecule has 0 bridgehead atoms. The number of fused-ring (bicyclic) bond motifs is 1. The van der Waals surface area contributed by atoms with Crippen LogP contribution in [-0.4, -0.2) is 58.0 Å². The van der Waals surface area contributed by atoms with E-state index in [-0.39, 0.29) is 16.8 Å². The van der Waals surface area contributed by atoms with Crippen LogP contribution in [0.4, 0.5) is 11.4 Å². The van der Waals surface area contributed by atoms with Gasteiger partial charge in [-0.25, -0.2) is 0 Å². The summed E-state index contributed by atoms with van der Waals surface area (Å²) in [5.74, 6) is 0.762. The van der Waals surface area contributed by atoms with Crippen LogP contribution in [0.25, 0.3) is 10.9 Å². The standard InChI is InChI=1S/C29H34N4O4.H2O4S/c1-29(2,30)18-37-22-9-7-21(8-10-22)32-20-5-3-19(4-6-20)15-16-31-17-26(35)23-11-13-25(34)28-24(23)12-14-27(36)33-28;1-5(2,3)4/h3-14,26,31-32,34-35H,15-18,30H2,1-2H3,(H,33,36);(H2,1,2,3,4)/t26-;/m0./s1. The van der Waals surface area contributed by atoms with Gasteiger partial charge in [-0.3, -0.25) is 13.9 Å². The fourth-order valence-corrected chi connectivity index (χ4v) is 3.96. The molecule has 0 saturated heterocycles. The Labute approximate surface area is 243 Å². The van der Waals surface area contributed by atoms with E-state index in [1.54, 1.807) is 12.1 Å².